The van der Waals surface area contributed by atoms with Crippen LogP contribution in [0.2, 0.25) is 0 Å². The number of allylic oxidation sites excluding steroid dienone is 20. The first-order chi connectivity index (χ1) is 31.5. The number of carbonyl (C=O) groups is 3. The standard InChI is InChI=1S/C58H92O6/c1-4-7-10-13-16-19-22-24-26-28-29-31-32-34-36-39-42-45-48-51-57(60)63-54-55(53-62-56(59)50-47-44-41-38-21-18-15-12-9-6-3)64-58(61)52-49-46-43-40-37-35-33-30-27-25-23-20-17-14-11-8-5-2/h7,10,13,15-20,22,24-29,31-32,34,36,55H,4-6,8-9,11-12,14,21,23,30,33,35,37-54H2,1-3H3/b10-7-,16-13-,18-15-,20-17-,22-19-,26-24-,27-25-,29-28+,32-31-,36-34-. The van der Waals surface area contributed by atoms with Gasteiger partial charge in [-0.05, 0) is 89.9 Å². The van der Waals surface area contributed by atoms with E-state index in [4.69, 9.17) is 14.2 Å². The van der Waals surface area contributed by atoms with E-state index in [0.29, 0.717) is 19.3 Å². The zero-order valence-corrected chi connectivity index (χ0v) is 41.0. The van der Waals surface area contributed by atoms with Gasteiger partial charge in [0.1, 0.15) is 13.2 Å². The highest BCUT2D eigenvalue weighted by Gasteiger charge is 2.19. The number of ether oxygens (including phenoxy) is 3. The van der Waals surface area contributed by atoms with Crippen molar-refractivity contribution in [2.24, 2.45) is 0 Å². The van der Waals surface area contributed by atoms with Crippen LogP contribution in [0.25, 0.3) is 0 Å². The first-order valence-corrected chi connectivity index (χ1v) is 25.6. The fourth-order valence-electron chi connectivity index (χ4n) is 6.49. The molecular weight excluding hydrogens is 793 g/mol. The SMILES string of the molecule is CC\C=C/C=C\C=C/C=C\C=C\C=C/C=C\CCCCCC(=O)OCC(COC(=O)CCCCCC/C=C\CCCC)OC(=O)CCCCCCCCC/C=C\C/C=C\CCCCC. The van der Waals surface area contributed by atoms with Crippen LogP contribution in [-0.2, 0) is 28.6 Å². The minimum atomic E-state index is -0.808. The zero-order valence-electron chi connectivity index (χ0n) is 41.0. The average molecular weight is 885 g/mol. The molecule has 0 rings (SSSR count). The summed E-state index contributed by atoms with van der Waals surface area (Å²) in [6.07, 6.45) is 70.3. The van der Waals surface area contributed by atoms with E-state index >= 15 is 0 Å². The molecule has 0 bridgehead atoms. The van der Waals surface area contributed by atoms with Crippen molar-refractivity contribution >= 4 is 17.9 Å². The Morgan fingerprint density at radius 3 is 1.16 bits per heavy atom. The van der Waals surface area contributed by atoms with Crippen LogP contribution in [0, 0.1) is 0 Å². The zero-order chi connectivity index (χ0) is 46.5. The Kier molecular flexibility index (Phi) is 48.1. The third-order valence-corrected chi connectivity index (χ3v) is 10.4. The normalized spacial score (nSPS) is 13.1. The fourth-order valence-corrected chi connectivity index (χ4v) is 6.49. The van der Waals surface area contributed by atoms with Crippen molar-refractivity contribution < 1.29 is 28.6 Å². The maximum Gasteiger partial charge on any atom is 0.306 e. The highest BCUT2D eigenvalue weighted by Crippen LogP contribution is 2.13. The molecule has 0 N–H and O–H groups in total. The van der Waals surface area contributed by atoms with E-state index in [1.165, 1.54) is 64.2 Å². The van der Waals surface area contributed by atoms with Gasteiger partial charge in [-0.2, -0.15) is 0 Å². The van der Waals surface area contributed by atoms with Crippen LogP contribution in [0.1, 0.15) is 207 Å². The summed E-state index contributed by atoms with van der Waals surface area (Å²) in [5.41, 5.74) is 0. The van der Waals surface area contributed by atoms with Crippen molar-refractivity contribution in [1.29, 1.82) is 0 Å². The molecule has 0 aliphatic carbocycles. The molecule has 1 unspecified atom stereocenters. The summed E-state index contributed by atoms with van der Waals surface area (Å²) in [4.78, 5) is 37.9. The molecule has 0 fully saturated rings. The molecule has 0 aromatic rings. The lowest BCUT2D eigenvalue weighted by Gasteiger charge is -2.18. The van der Waals surface area contributed by atoms with E-state index in [0.717, 1.165) is 103 Å². The summed E-state index contributed by atoms with van der Waals surface area (Å²) in [7, 11) is 0. The Hall–Kier alpha value is -4.19. The van der Waals surface area contributed by atoms with Crippen molar-refractivity contribution in [2.45, 2.75) is 213 Å². The number of carbonyl (C=O) groups excluding carboxylic acids is 3. The van der Waals surface area contributed by atoms with Crippen LogP contribution in [0.15, 0.2) is 122 Å². The number of hydrogen-bond acceptors (Lipinski definition) is 6. The molecule has 0 aliphatic rings. The maximum atomic E-state index is 12.8. The number of unbranched alkanes of at least 4 members (excludes halogenated alkanes) is 19. The fraction of sp³-hybridized carbons (Fsp3) is 0.603. The quantitative estimate of drug-likeness (QED) is 0.0199. The molecule has 0 saturated heterocycles. The lowest BCUT2D eigenvalue weighted by Crippen LogP contribution is -2.30. The average Bonchev–Trinajstić information content (AvgIpc) is 3.29. The molecule has 6 nitrogen and oxygen atoms in total. The number of esters is 3. The smallest absolute Gasteiger partial charge is 0.306 e. The van der Waals surface area contributed by atoms with E-state index in [1.54, 1.807) is 0 Å². The first-order valence-electron chi connectivity index (χ1n) is 25.6. The second-order valence-corrected chi connectivity index (χ2v) is 16.5. The highest BCUT2D eigenvalue weighted by molar-refractivity contribution is 5.71. The molecule has 0 aromatic carbocycles. The van der Waals surface area contributed by atoms with Gasteiger partial charge >= 0.3 is 17.9 Å². The second kappa shape index (κ2) is 51.4. The number of hydrogen-bond donors (Lipinski definition) is 0. The van der Waals surface area contributed by atoms with Crippen LogP contribution >= 0.6 is 0 Å². The molecule has 360 valence electrons. The summed E-state index contributed by atoms with van der Waals surface area (Å²) in [5, 5.41) is 0. The summed E-state index contributed by atoms with van der Waals surface area (Å²) in [6, 6.07) is 0. The van der Waals surface area contributed by atoms with Crippen molar-refractivity contribution in [3.63, 3.8) is 0 Å². The Labute approximate surface area is 392 Å². The number of rotatable bonds is 44. The Morgan fingerprint density at radius 2 is 0.688 bits per heavy atom. The van der Waals surface area contributed by atoms with Gasteiger partial charge in [0.15, 0.2) is 6.10 Å². The predicted octanol–water partition coefficient (Wildman–Crippen LogP) is 16.9. The molecule has 0 spiro atoms. The van der Waals surface area contributed by atoms with Crippen LogP contribution in [-0.4, -0.2) is 37.2 Å². The van der Waals surface area contributed by atoms with Crippen LogP contribution in [0.3, 0.4) is 0 Å². The summed E-state index contributed by atoms with van der Waals surface area (Å²) in [5.74, 6) is -0.981. The predicted molar refractivity (Wildman–Crippen MR) is 274 cm³/mol. The lowest BCUT2D eigenvalue weighted by molar-refractivity contribution is -0.167. The molecule has 64 heavy (non-hydrogen) atoms. The van der Waals surface area contributed by atoms with Gasteiger partial charge in [0, 0.05) is 19.3 Å². The molecule has 0 aliphatic heterocycles. The monoisotopic (exact) mass is 885 g/mol. The Balaban J connectivity index is 4.50. The van der Waals surface area contributed by atoms with Crippen molar-refractivity contribution in [1.82, 2.24) is 0 Å². The minimum Gasteiger partial charge on any atom is -0.462 e. The van der Waals surface area contributed by atoms with Gasteiger partial charge in [-0.25, -0.2) is 0 Å². The molecule has 6 heteroatoms. The molecule has 0 aromatic heterocycles. The van der Waals surface area contributed by atoms with Crippen LogP contribution in [0.5, 0.6) is 0 Å². The third kappa shape index (κ3) is 48.8. The molecule has 0 saturated carbocycles. The van der Waals surface area contributed by atoms with E-state index in [9.17, 15) is 14.4 Å². The maximum absolute atomic E-state index is 12.8. The van der Waals surface area contributed by atoms with Crippen molar-refractivity contribution in [3.8, 4) is 0 Å². The van der Waals surface area contributed by atoms with E-state index in [-0.39, 0.29) is 31.1 Å². The second-order valence-electron chi connectivity index (χ2n) is 16.5. The van der Waals surface area contributed by atoms with E-state index in [1.807, 2.05) is 72.9 Å². The minimum absolute atomic E-state index is 0.106. The van der Waals surface area contributed by atoms with Gasteiger partial charge in [0.25, 0.3) is 0 Å². The summed E-state index contributed by atoms with van der Waals surface area (Å²) >= 11 is 0. The Bertz CT molecular complexity index is 1390. The Morgan fingerprint density at radius 1 is 0.344 bits per heavy atom. The third-order valence-electron chi connectivity index (χ3n) is 10.4. The van der Waals surface area contributed by atoms with Gasteiger partial charge in [-0.15, -0.1) is 0 Å². The molecule has 0 radical (unpaired) electrons. The van der Waals surface area contributed by atoms with Gasteiger partial charge in [-0.1, -0.05) is 219 Å². The van der Waals surface area contributed by atoms with Gasteiger partial charge in [0.05, 0.1) is 0 Å². The lowest BCUT2D eigenvalue weighted by atomic mass is 10.1. The summed E-state index contributed by atoms with van der Waals surface area (Å²) < 4.78 is 16.7. The molecule has 1 atom stereocenters. The van der Waals surface area contributed by atoms with Crippen LogP contribution in [0.4, 0.5) is 0 Å². The van der Waals surface area contributed by atoms with Gasteiger partial charge in [-0.3, -0.25) is 14.4 Å². The highest BCUT2D eigenvalue weighted by atomic mass is 16.6. The van der Waals surface area contributed by atoms with Gasteiger partial charge < -0.3 is 14.2 Å². The van der Waals surface area contributed by atoms with E-state index < -0.39 is 6.10 Å². The molecular formula is C58H92O6. The van der Waals surface area contributed by atoms with Crippen molar-refractivity contribution in [2.75, 3.05) is 13.2 Å². The molecule has 0 heterocycles. The largest absolute Gasteiger partial charge is 0.462 e. The van der Waals surface area contributed by atoms with Crippen LogP contribution < -0.4 is 0 Å². The summed E-state index contributed by atoms with van der Waals surface area (Å²) in [6.45, 7) is 6.35. The van der Waals surface area contributed by atoms with Crippen molar-refractivity contribution in [3.05, 3.63) is 122 Å². The topological polar surface area (TPSA) is 78.9 Å². The van der Waals surface area contributed by atoms with E-state index in [2.05, 4.69) is 69.4 Å². The van der Waals surface area contributed by atoms with Gasteiger partial charge in [0.2, 0.25) is 0 Å². The molecule has 0 amide bonds. The first kappa shape index (κ1) is 59.8.